The van der Waals surface area contributed by atoms with Crippen LogP contribution in [0.4, 0.5) is 0 Å². The van der Waals surface area contributed by atoms with Crippen LogP contribution >= 0.6 is 15.9 Å². The van der Waals surface area contributed by atoms with Gasteiger partial charge in [-0.25, -0.2) is 8.42 Å². The first-order valence-electron chi connectivity index (χ1n) is 8.14. The lowest BCUT2D eigenvalue weighted by molar-refractivity contribution is 0.180. The maximum atomic E-state index is 12.8. The number of piperidine rings is 1. The van der Waals surface area contributed by atoms with Crippen LogP contribution in [-0.2, 0) is 10.0 Å². The minimum absolute atomic E-state index is 0.314. The molecule has 2 aromatic rings. The van der Waals surface area contributed by atoms with Gasteiger partial charge in [0, 0.05) is 23.6 Å². The van der Waals surface area contributed by atoms with Crippen molar-refractivity contribution in [3.63, 3.8) is 0 Å². The maximum absolute atomic E-state index is 12.8. The number of aromatic nitrogens is 2. The van der Waals surface area contributed by atoms with E-state index in [2.05, 4.69) is 26.1 Å². The molecule has 1 aliphatic rings. The first-order valence-corrected chi connectivity index (χ1v) is 10.4. The zero-order chi connectivity index (χ0) is 17.9. The molecule has 3 rings (SSSR count). The topological polar surface area (TPSA) is 72.4 Å². The van der Waals surface area contributed by atoms with E-state index in [1.165, 1.54) is 0 Å². The van der Waals surface area contributed by atoms with E-state index in [0.29, 0.717) is 40.9 Å². The van der Waals surface area contributed by atoms with Crippen LogP contribution in [0.1, 0.15) is 18.5 Å². The van der Waals surface area contributed by atoms with Gasteiger partial charge in [-0.3, -0.25) is 0 Å². The molecule has 2 heterocycles. The molecular formula is C17H20BrN3O3S. The summed E-state index contributed by atoms with van der Waals surface area (Å²) in [6, 6.07) is 10.6. The van der Waals surface area contributed by atoms with E-state index >= 15 is 0 Å². The normalized spacial score (nSPS) is 16.7. The monoisotopic (exact) mass is 425 g/mol. The van der Waals surface area contributed by atoms with Crippen molar-refractivity contribution in [1.29, 1.82) is 0 Å². The Hall–Kier alpha value is -1.51. The van der Waals surface area contributed by atoms with E-state index in [0.717, 1.165) is 18.5 Å². The first kappa shape index (κ1) is 18.3. The van der Waals surface area contributed by atoms with Crippen molar-refractivity contribution < 1.29 is 13.2 Å². The predicted molar refractivity (Wildman–Crippen MR) is 97.9 cm³/mol. The van der Waals surface area contributed by atoms with Crippen LogP contribution in [0.3, 0.4) is 0 Å². The SMILES string of the molecule is Cc1ccc(OCC2CCN(S(=O)(=O)c3ccccc3Br)CC2)nn1. The van der Waals surface area contributed by atoms with Crippen LogP contribution in [-0.4, -0.2) is 42.6 Å². The molecule has 1 aliphatic heterocycles. The summed E-state index contributed by atoms with van der Waals surface area (Å²) >= 11 is 3.33. The van der Waals surface area contributed by atoms with Crippen LogP contribution in [0.15, 0.2) is 45.8 Å². The Morgan fingerprint density at radius 2 is 1.88 bits per heavy atom. The van der Waals surface area contributed by atoms with Crippen molar-refractivity contribution >= 4 is 26.0 Å². The molecule has 0 N–H and O–H groups in total. The van der Waals surface area contributed by atoms with Crippen molar-refractivity contribution in [1.82, 2.24) is 14.5 Å². The van der Waals surface area contributed by atoms with E-state index in [1.807, 2.05) is 13.0 Å². The molecule has 8 heteroatoms. The maximum Gasteiger partial charge on any atom is 0.244 e. The van der Waals surface area contributed by atoms with Crippen molar-refractivity contribution in [2.75, 3.05) is 19.7 Å². The summed E-state index contributed by atoms with van der Waals surface area (Å²) < 4.78 is 33.4. The van der Waals surface area contributed by atoms with E-state index < -0.39 is 10.0 Å². The van der Waals surface area contributed by atoms with Crippen LogP contribution in [0.2, 0.25) is 0 Å². The van der Waals surface area contributed by atoms with E-state index in [-0.39, 0.29) is 0 Å². The molecule has 0 bridgehead atoms. The Labute approximate surface area is 156 Å². The lowest BCUT2D eigenvalue weighted by Crippen LogP contribution is -2.39. The second-order valence-electron chi connectivity index (χ2n) is 6.10. The number of aryl methyl sites for hydroxylation is 1. The molecule has 1 aromatic carbocycles. The van der Waals surface area contributed by atoms with Gasteiger partial charge in [-0.2, -0.15) is 9.40 Å². The third-order valence-corrected chi connectivity index (χ3v) is 7.18. The van der Waals surface area contributed by atoms with Gasteiger partial charge < -0.3 is 4.74 Å². The largest absolute Gasteiger partial charge is 0.476 e. The van der Waals surface area contributed by atoms with Gasteiger partial charge in [0.05, 0.1) is 17.2 Å². The van der Waals surface area contributed by atoms with Crippen molar-refractivity contribution in [2.24, 2.45) is 5.92 Å². The Morgan fingerprint density at radius 1 is 1.16 bits per heavy atom. The smallest absolute Gasteiger partial charge is 0.244 e. The summed E-state index contributed by atoms with van der Waals surface area (Å²) in [6.45, 7) is 3.40. The highest BCUT2D eigenvalue weighted by atomic mass is 79.9. The van der Waals surface area contributed by atoms with Gasteiger partial charge in [-0.1, -0.05) is 12.1 Å². The standard InChI is InChI=1S/C17H20BrN3O3S/c1-13-6-7-17(20-19-13)24-12-14-8-10-21(11-9-14)25(22,23)16-5-3-2-4-15(16)18/h2-7,14H,8-12H2,1H3. The lowest BCUT2D eigenvalue weighted by Gasteiger charge is -2.31. The number of hydrogen-bond acceptors (Lipinski definition) is 5. The fraction of sp³-hybridized carbons (Fsp3) is 0.412. The molecule has 1 fully saturated rings. The highest BCUT2D eigenvalue weighted by Gasteiger charge is 2.30. The van der Waals surface area contributed by atoms with Crippen LogP contribution in [0, 0.1) is 12.8 Å². The summed E-state index contributed by atoms with van der Waals surface area (Å²) in [5.41, 5.74) is 0.845. The summed E-state index contributed by atoms with van der Waals surface area (Å²) in [4.78, 5) is 0.319. The fourth-order valence-electron chi connectivity index (χ4n) is 2.78. The molecular weight excluding hydrogens is 406 g/mol. The van der Waals surface area contributed by atoms with Gasteiger partial charge in [0.25, 0.3) is 0 Å². The third-order valence-electron chi connectivity index (χ3n) is 4.27. The molecule has 0 saturated carbocycles. The number of benzene rings is 1. The minimum Gasteiger partial charge on any atom is -0.476 e. The molecule has 6 nitrogen and oxygen atoms in total. The summed E-state index contributed by atoms with van der Waals surface area (Å²) in [7, 11) is -3.46. The number of sulfonamides is 1. The Kier molecular flexibility index (Phi) is 5.71. The van der Waals surface area contributed by atoms with E-state index in [9.17, 15) is 8.42 Å². The zero-order valence-corrected chi connectivity index (χ0v) is 16.3. The summed E-state index contributed by atoms with van der Waals surface area (Å²) in [5, 5.41) is 7.94. The van der Waals surface area contributed by atoms with Crippen molar-refractivity contribution in [2.45, 2.75) is 24.7 Å². The van der Waals surface area contributed by atoms with Gasteiger partial charge in [0.1, 0.15) is 0 Å². The Bertz CT molecular complexity index is 819. The molecule has 0 amide bonds. The quantitative estimate of drug-likeness (QED) is 0.735. The summed E-state index contributed by atoms with van der Waals surface area (Å²) in [6.07, 6.45) is 1.53. The third kappa shape index (κ3) is 4.37. The van der Waals surface area contributed by atoms with Crippen LogP contribution in [0.25, 0.3) is 0 Å². The van der Waals surface area contributed by atoms with Crippen LogP contribution < -0.4 is 4.74 Å². The van der Waals surface area contributed by atoms with Crippen molar-refractivity contribution in [3.8, 4) is 5.88 Å². The number of ether oxygens (including phenoxy) is 1. The molecule has 25 heavy (non-hydrogen) atoms. The summed E-state index contributed by atoms with van der Waals surface area (Å²) in [5.74, 6) is 0.822. The van der Waals surface area contributed by atoms with Gasteiger partial charge in [-0.05, 0) is 59.8 Å². The fourth-order valence-corrected chi connectivity index (χ4v) is 5.21. The van der Waals surface area contributed by atoms with Gasteiger partial charge in [0.2, 0.25) is 15.9 Å². The van der Waals surface area contributed by atoms with E-state index in [4.69, 9.17) is 4.74 Å². The molecule has 134 valence electrons. The number of hydrogen-bond donors (Lipinski definition) is 0. The Balaban J connectivity index is 1.56. The Morgan fingerprint density at radius 3 is 2.52 bits per heavy atom. The zero-order valence-electron chi connectivity index (χ0n) is 13.9. The molecule has 0 unspecified atom stereocenters. The average Bonchev–Trinajstić information content (AvgIpc) is 2.62. The van der Waals surface area contributed by atoms with Crippen LogP contribution in [0.5, 0.6) is 5.88 Å². The first-order chi connectivity index (χ1) is 12.0. The van der Waals surface area contributed by atoms with Crippen molar-refractivity contribution in [3.05, 3.63) is 46.6 Å². The molecule has 0 spiro atoms. The molecule has 0 radical (unpaired) electrons. The number of nitrogens with zero attached hydrogens (tertiary/aromatic N) is 3. The number of rotatable bonds is 5. The predicted octanol–water partition coefficient (Wildman–Crippen LogP) is 3.03. The van der Waals surface area contributed by atoms with Gasteiger partial charge in [-0.15, -0.1) is 5.10 Å². The van der Waals surface area contributed by atoms with Gasteiger partial charge in [0.15, 0.2) is 0 Å². The lowest BCUT2D eigenvalue weighted by atomic mass is 9.99. The highest BCUT2D eigenvalue weighted by molar-refractivity contribution is 9.10. The second kappa shape index (κ2) is 7.80. The minimum atomic E-state index is -3.46. The molecule has 0 aliphatic carbocycles. The molecule has 1 saturated heterocycles. The number of halogens is 1. The molecule has 1 aromatic heterocycles. The highest BCUT2D eigenvalue weighted by Crippen LogP contribution is 2.28. The average molecular weight is 426 g/mol. The van der Waals surface area contributed by atoms with Gasteiger partial charge >= 0.3 is 0 Å². The van der Waals surface area contributed by atoms with E-state index in [1.54, 1.807) is 34.6 Å². The molecule has 0 atom stereocenters. The second-order valence-corrected chi connectivity index (χ2v) is 8.86.